The van der Waals surface area contributed by atoms with E-state index in [1.807, 2.05) is 0 Å². The zero-order valence-corrected chi connectivity index (χ0v) is 9.75. The van der Waals surface area contributed by atoms with Crippen LogP contribution in [0.4, 0.5) is 0 Å². The molecule has 0 bridgehead atoms. The number of aliphatic hydroxyl groups is 1. The van der Waals surface area contributed by atoms with Gasteiger partial charge in [0, 0.05) is 13.0 Å². The molecule has 0 aromatic carbocycles. The molecule has 4 heteroatoms. The van der Waals surface area contributed by atoms with E-state index >= 15 is 0 Å². The maximum Gasteiger partial charge on any atom is 0.323 e. The van der Waals surface area contributed by atoms with Gasteiger partial charge >= 0.3 is 5.97 Å². The van der Waals surface area contributed by atoms with Crippen LogP contribution in [-0.4, -0.2) is 36.4 Å². The lowest BCUT2D eigenvalue weighted by molar-refractivity contribution is -0.146. The highest BCUT2D eigenvalue weighted by Crippen LogP contribution is 2.18. The van der Waals surface area contributed by atoms with Crippen LogP contribution >= 0.6 is 0 Å². The first-order chi connectivity index (χ1) is 6.88. The average Bonchev–Trinajstić information content (AvgIpc) is 2.49. The van der Waals surface area contributed by atoms with Gasteiger partial charge in [-0.15, -0.1) is 0 Å². The predicted octanol–water partition coefficient (Wildman–Crippen LogP) is 0.689. The summed E-state index contributed by atoms with van der Waals surface area (Å²) in [4.78, 5) is 11.5. The highest BCUT2D eigenvalue weighted by atomic mass is 16.5. The van der Waals surface area contributed by atoms with Gasteiger partial charge in [-0.05, 0) is 11.8 Å². The molecule has 0 saturated carbocycles. The molecule has 0 aromatic rings. The minimum absolute atomic E-state index is 0.183. The summed E-state index contributed by atoms with van der Waals surface area (Å²) >= 11 is 0. The summed E-state index contributed by atoms with van der Waals surface area (Å²) in [5, 5.41) is 12.2. The summed E-state index contributed by atoms with van der Waals surface area (Å²) in [6, 6.07) is -0.319. The number of esters is 1. The highest BCUT2D eigenvalue weighted by Gasteiger charge is 2.29. The van der Waals surface area contributed by atoms with Crippen LogP contribution in [0.2, 0.25) is 0 Å². The third-order valence-electron chi connectivity index (χ3n) is 2.49. The zero-order chi connectivity index (χ0) is 11.5. The molecule has 0 amide bonds. The van der Waals surface area contributed by atoms with Crippen LogP contribution in [0.3, 0.4) is 0 Å². The summed E-state index contributed by atoms with van der Waals surface area (Å²) in [6.07, 6.45) is 0.910. The first-order valence-corrected chi connectivity index (χ1v) is 5.46. The number of rotatable bonds is 3. The number of aliphatic hydroxyl groups excluding tert-OH is 1. The predicted molar refractivity (Wildman–Crippen MR) is 57.4 cm³/mol. The Kier molecular flexibility index (Phi) is 4.11. The maximum absolute atomic E-state index is 11.5. The Bertz CT molecular complexity index is 222. The lowest BCUT2D eigenvalue weighted by atomic mass is 9.93. The van der Waals surface area contributed by atoms with Gasteiger partial charge in [0.05, 0.1) is 12.7 Å². The minimum atomic E-state index is -0.412. The third kappa shape index (κ3) is 4.62. The van der Waals surface area contributed by atoms with Crippen molar-refractivity contribution in [2.75, 3.05) is 13.2 Å². The fourth-order valence-corrected chi connectivity index (χ4v) is 1.45. The molecule has 1 saturated heterocycles. The van der Waals surface area contributed by atoms with Gasteiger partial charge in [-0.1, -0.05) is 20.8 Å². The van der Waals surface area contributed by atoms with Crippen molar-refractivity contribution in [3.63, 3.8) is 0 Å². The van der Waals surface area contributed by atoms with Gasteiger partial charge in [-0.3, -0.25) is 4.79 Å². The normalized spacial score (nSPS) is 26.7. The Labute approximate surface area is 91.0 Å². The molecule has 1 fully saturated rings. The number of hydrogen-bond donors (Lipinski definition) is 2. The molecule has 2 atom stereocenters. The summed E-state index contributed by atoms with van der Waals surface area (Å²) in [5.41, 5.74) is 0.183. The van der Waals surface area contributed by atoms with Gasteiger partial charge in [0.25, 0.3) is 0 Å². The third-order valence-corrected chi connectivity index (χ3v) is 2.49. The number of ether oxygens (including phenoxy) is 1. The topological polar surface area (TPSA) is 58.6 Å². The number of carbonyl (C=O) groups is 1. The molecule has 0 spiro atoms. The fraction of sp³-hybridized carbons (Fsp3) is 0.909. The largest absolute Gasteiger partial charge is 0.465 e. The summed E-state index contributed by atoms with van der Waals surface area (Å²) < 4.78 is 5.14. The van der Waals surface area contributed by atoms with Crippen molar-refractivity contribution in [2.45, 2.75) is 45.8 Å². The molecule has 2 N–H and O–H groups in total. The molecule has 0 unspecified atom stereocenters. The summed E-state index contributed by atoms with van der Waals surface area (Å²) in [7, 11) is 0. The second-order valence-corrected chi connectivity index (χ2v) is 5.33. The summed E-state index contributed by atoms with van der Waals surface area (Å²) in [5.74, 6) is -0.240. The molecule has 1 rings (SSSR count). The Morgan fingerprint density at radius 1 is 1.53 bits per heavy atom. The van der Waals surface area contributed by atoms with Crippen molar-refractivity contribution in [1.29, 1.82) is 0 Å². The molecule has 0 radical (unpaired) electrons. The van der Waals surface area contributed by atoms with E-state index in [9.17, 15) is 9.90 Å². The van der Waals surface area contributed by atoms with Crippen LogP contribution in [0, 0.1) is 5.41 Å². The van der Waals surface area contributed by atoms with E-state index in [1.165, 1.54) is 0 Å². The van der Waals surface area contributed by atoms with E-state index in [4.69, 9.17) is 4.74 Å². The highest BCUT2D eigenvalue weighted by molar-refractivity contribution is 5.76. The maximum atomic E-state index is 11.5. The van der Waals surface area contributed by atoms with Crippen LogP contribution in [0.25, 0.3) is 0 Å². The SMILES string of the molecule is CC(C)(C)CCOC(=O)[C@@H]1C[C@H](O)CN1. The van der Waals surface area contributed by atoms with Crippen molar-refractivity contribution < 1.29 is 14.6 Å². The van der Waals surface area contributed by atoms with E-state index in [-0.39, 0.29) is 17.4 Å². The van der Waals surface area contributed by atoms with Crippen molar-refractivity contribution in [3.8, 4) is 0 Å². The van der Waals surface area contributed by atoms with Crippen molar-refractivity contribution in [3.05, 3.63) is 0 Å². The summed E-state index contributed by atoms with van der Waals surface area (Å²) in [6.45, 7) is 7.27. The molecular weight excluding hydrogens is 194 g/mol. The van der Waals surface area contributed by atoms with Crippen LogP contribution in [0.5, 0.6) is 0 Å². The Morgan fingerprint density at radius 3 is 2.67 bits per heavy atom. The molecule has 15 heavy (non-hydrogen) atoms. The number of hydrogen-bond acceptors (Lipinski definition) is 4. The number of carbonyl (C=O) groups excluding carboxylic acids is 1. The molecular formula is C11H21NO3. The molecule has 1 heterocycles. The van der Waals surface area contributed by atoms with E-state index in [0.29, 0.717) is 19.6 Å². The Hall–Kier alpha value is -0.610. The molecule has 4 nitrogen and oxygen atoms in total. The molecule has 0 aliphatic carbocycles. The van der Waals surface area contributed by atoms with Crippen LogP contribution in [0.1, 0.15) is 33.6 Å². The number of nitrogens with one attached hydrogen (secondary N) is 1. The fourth-order valence-electron chi connectivity index (χ4n) is 1.45. The molecule has 88 valence electrons. The van der Waals surface area contributed by atoms with E-state index < -0.39 is 6.10 Å². The Balaban J connectivity index is 2.19. The lowest BCUT2D eigenvalue weighted by Gasteiger charge is -2.18. The van der Waals surface area contributed by atoms with Gasteiger partial charge in [0.2, 0.25) is 0 Å². The first-order valence-electron chi connectivity index (χ1n) is 5.46. The van der Waals surface area contributed by atoms with Gasteiger partial charge in [0.1, 0.15) is 6.04 Å². The second-order valence-electron chi connectivity index (χ2n) is 5.33. The van der Waals surface area contributed by atoms with Crippen molar-refractivity contribution in [2.24, 2.45) is 5.41 Å². The van der Waals surface area contributed by atoms with E-state index in [0.717, 1.165) is 6.42 Å². The Morgan fingerprint density at radius 2 is 2.20 bits per heavy atom. The van der Waals surface area contributed by atoms with Crippen molar-refractivity contribution >= 4 is 5.97 Å². The average molecular weight is 215 g/mol. The van der Waals surface area contributed by atoms with Gasteiger partial charge in [-0.25, -0.2) is 0 Å². The number of β-amino-alcohol motifs (C(OH)–C–C–N with tert-alkyl or cyclic N) is 1. The standard InChI is InChI=1S/C11H21NO3/c1-11(2,3)4-5-15-10(14)9-6-8(13)7-12-9/h8-9,12-13H,4-7H2,1-3H3/t8-,9-/m0/s1. The zero-order valence-electron chi connectivity index (χ0n) is 9.75. The molecule has 1 aliphatic heterocycles. The van der Waals surface area contributed by atoms with Crippen LogP contribution < -0.4 is 5.32 Å². The lowest BCUT2D eigenvalue weighted by Crippen LogP contribution is -2.32. The van der Waals surface area contributed by atoms with Crippen molar-refractivity contribution in [1.82, 2.24) is 5.32 Å². The molecule has 1 aliphatic rings. The monoisotopic (exact) mass is 215 g/mol. The minimum Gasteiger partial charge on any atom is -0.465 e. The van der Waals surface area contributed by atoms with E-state index in [2.05, 4.69) is 26.1 Å². The quantitative estimate of drug-likeness (QED) is 0.680. The second kappa shape index (κ2) is 4.94. The first kappa shape index (κ1) is 12.5. The van der Waals surface area contributed by atoms with E-state index in [1.54, 1.807) is 0 Å². The van der Waals surface area contributed by atoms with Crippen LogP contribution in [0.15, 0.2) is 0 Å². The van der Waals surface area contributed by atoms with Gasteiger partial charge < -0.3 is 15.2 Å². The van der Waals surface area contributed by atoms with Gasteiger partial charge in [-0.2, -0.15) is 0 Å². The molecule has 0 aromatic heterocycles. The smallest absolute Gasteiger partial charge is 0.323 e. The van der Waals surface area contributed by atoms with Crippen LogP contribution in [-0.2, 0) is 9.53 Å². The van der Waals surface area contributed by atoms with Gasteiger partial charge in [0.15, 0.2) is 0 Å².